The first kappa shape index (κ1) is 12.6. The van der Waals surface area contributed by atoms with Crippen molar-refractivity contribution in [2.75, 3.05) is 0 Å². The Hall–Kier alpha value is -2.86. The van der Waals surface area contributed by atoms with E-state index in [-0.39, 0.29) is 18.8 Å². The van der Waals surface area contributed by atoms with Crippen LogP contribution in [0, 0.1) is 29.6 Å². The number of nitriles is 2. The van der Waals surface area contributed by atoms with Gasteiger partial charge in [-0.3, -0.25) is 0 Å². The molecule has 0 saturated heterocycles. The number of nitrogens with zero attached hydrogens (tertiary/aromatic N) is 5. The zero-order chi connectivity index (χ0) is 13.7. The number of ether oxygens (including phenoxy) is 1. The molecule has 1 aromatic carbocycles. The highest BCUT2D eigenvalue weighted by Gasteiger charge is 2.12. The van der Waals surface area contributed by atoms with Crippen LogP contribution in [0.5, 0.6) is 5.75 Å². The Morgan fingerprint density at radius 3 is 2.63 bits per heavy atom. The van der Waals surface area contributed by atoms with E-state index in [1.807, 2.05) is 43.3 Å². The number of aryl methyl sites for hydroxylation is 1. The first-order valence-corrected chi connectivity index (χ1v) is 5.63. The van der Waals surface area contributed by atoms with Gasteiger partial charge in [0.25, 0.3) is 0 Å². The van der Waals surface area contributed by atoms with E-state index in [0.29, 0.717) is 11.4 Å². The van der Waals surface area contributed by atoms with Gasteiger partial charge in [-0.05, 0) is 19.1 Å². The van der Waals surface area contributed by atoms with Gasteiger partial charge in [0.15, 0.2) is 5.69 Å². The maximum absolute atomic E-state index is 8.93. The zero-order valence-electron chi connectivity index (χ0n) is 10.4. The Morgan fingerprint density at radius 1 is 1.26 bits per heavy atom. The lowest BCUT2D eigenvalue weighted by atomic mass is 10.2. The van der Waals surface area contributed by atoms with Gasteiger partial charge < -0.3 is 4.74 Å². The molecule has 0 aliphatic carbocycles. The fourth-order valence-corrected chi connectivity index (χ4v) is 1.54. The van der Waals surface area contributed by atoms with Crippen molar-refractivity contribution >= 4 is 0 Å². The van der Waals surface area contributed by atoms with Crippen LogP contribution in [0.25, 0.3) is 0 Å². The molecule has 6 nitrogen and oxygen atoms in total. The summed E-state index contributed by atoms with van der Waals surface area (Å²) in [7, 11) is 0. The van der Waals surface area contributed by atoms with Crippen LogP contribution in [-0.4, -0.2) is 15.0 Å². The molecule has 0 radical (unpaired) electrons. The molecular formula is C13H11N5O. The van der Waals surface area contributed by atoms with Crippen molar-refractivity contribution < 1.29 is 4.74 Å². The molecular weight excluding hydrogens is 242 g/mol. The van der Waals surface area contributed by atoms with Gasteiger partial charge in [-0.1, -0.05) is 22.9 Å². The van der Waals surface area contributed by atoms with E-state index >= 15 is 0 Å². The quantitative estimate of drug-likeness (QED) is 0.825. The average molecular weight is 253 g/mol. The minimum Gasteiger partial charge on any atom is -0.487 e. The maximum atomic E-state index is 8.93. The lowest BCUT2D eigenvalue weighted by molar-refractivity contribution is 0.293. The molecule has 0 bridgehead atoms. The van der Waals surface area contributed by atoms with Crippen LogP contribution in [0.15, 0.2) is 24.3 Å². The molecule has 1 aromatic heterocycles. The minimum atomic E-state index is 0.0429. The Morgan fingerprint density at radius 2 is 2.00 bits per heavy atom. The Bertz CT molecular complexity index is 645. The third-order valence-electron chi connectivity index (χ3n) is 2.56. The summed E-state index contributed by atoms with van der Waals surface area (Å²) in [5.74, 6) is 0.694. The molecule has 19 heavy (non-hydrogen) atoms. The predicted octanol–water partition coefficient (Wildman–Crippen LogP) is 1.56. The van der Waals surface area contributed by atoms with Gasteiger partial charge in [-0.2, -0.15) is 10.5 Å². The van der Waals surface area contributed by atoms with E-state index in [4.69, 9.17) is 15.3 Å². The Labute approximate surface area is 110 Å². The molecule has 0 atom stereocenters. The van der Waals surface area contributed by atoms with Gasteiger partial charge in [0.2, 0.25) is 0 Å². The number of benzene rings is 1. The van der Waals surface area contributed by atoms with Crippen LogP contribution in [0.4, 0.5) is 0 Å². The molecule has 0 aliphatic rings. The smallest absolute Gasteiger partial charge is 0.189 e. The van der Waals surface area contributed by atoms with Crippen molar-refractivity contribution in [3.05, 3.63) is 41.2 Å². The summed E-state index contributed by atoms with van der Waals surface area (Å²) in [6.45, 7) is 2.19. The van der Waals surface area contributed by atoms with E-state index in [1.54, 1.807) is 0 Å². The topological polar surface area (TPSA) is 87.5 Å². The second-order valence-electron chi connectivity index (χ2n) is 3.91. The van der Waals surface area contributed by atoms with Crippen LogP contribution < -0.4 is 4.74 Å². The van der Waals surface area contributed by atoms with Crippen molar-refractivity contribution in [2.45, 2.75) is 20.1 Å². The Kier molecular flexibility index (Phi) is 3.75. The summed E-state index contributed by atoms with van der Waals surface area (Å²) in [6.07, 6.45) is 0. The van der Waals surface area contributed by atoms with Crippen molar-refractivity contribution in [3.63, 3.8) is 0 Å². The van der Waals surface area contributed by atoms with Gasteiger partial charge in [-0.25, -0.2) is 4.68 Å². The highest BCUT2D eigenvalue weighted by atomic mass is 16.5. The third-order valence-corrected chi connectivity index (χ3v) is 2.56. The number of rotatable bonds is 4. The first-order chi connectivity index (χ1) is 9.24. The van der Waals surface area contributed by atoms with Gasteiger partial charge in [-0.15, -0.1) is 5.10 Å². The fraction of sp³-hybridized carbons (Fsp3) is 0.231. The van der Waals surface area contributed by atoms with Crippen LogP contribution in [-0.2, 0) is 13.2 Å². The van der Waals surface area contributed by atoms with Crippen LogP contribution in [0.1, 0.15) is 17.0 Å². The lowest BCUT2D eigenvalue weighted by Gasteiger charge is -2.07. The summed E-state index contributed by atoms with van der Waals surface area (Å²) >= 11 is 0. The van der Waals surface area contributed by atoms with Crippen molar-refractivity contribution in [1.29, 1.82) is 10.5 Å². The third kappa shape index (κ3) is 2.88. The van der Waals surface area contributed by atoms with E-state index in [1.165, 1.54) is 4.68 Å². The second-order valence-corrected chi connectivity index (χ2v) is 3.91. The molecule has 0 saturated carbocycles. The van der Waals surface area contributed by atoms with Crippen molar-refractivity contribution in [1.82, 2.24) is 15.0 Å². The molecule has 0 N–H and O–H groups in total. The molecule has 0 aliphatic heterocycles. The normalized spacial score (nSPS) is 9.63. The van der Waals surface area contributed by atoms with E-state index < -0.39 is 0 Å². The monoisotopic (exact) mass is 253 g/mol. The van der Waals surface area contributed by atoms with Gasteiger partial charge in [0.1, 0.15) is 30.7 Å². The van der Waals surface area contributed by atoms with Crippen molar-refractivity contribution in [3.8, 4) is 17.9 Å². The van der Waals surface area contributed by atoms with E-state index in [9.17, 15) is 0 Å². The SMILES string of the molecule is Cc1ccc(OCc2c(C#N)nnn2CC#N)cc1. The number of hydrogen-bond donors (Lipinski definition) is 0. The molecule has 2 rings (SSSR count). The lowest BCUT2D eigenvalue weighted by Crippen LogP contribution is -2.08. The van der Waals surface area contributed by atoms with Gasteiger partial charge >= 0.3 is 0 Å². The van der Waals surface area contributed by atoms with Crippen LogP contribution in [0.3, 0.4) is 0 Å². The highest BCUT2D eigenvalue weighted by Crippen LogP contribution is 2.14. The summed E-state index contributed by atoms with van der Waals surface area (Å²) in [6, 6.07) is 11.5. The highest BCUT2D eigenvalue weighted by molar-refractivity contribution is 5.28. The van der Waals surface area contributed by atoms with Crippen LogP contribution >= 0.6 is 0 Å². The molecule has 6 heteroatoms. The molecule has 0 amide bonds. The number of aromatic nitrogens is 3. The minimum absolute atomic E-state index is 0.0429. The molecule has 0 unspecified atom stereocenters. The van der Waals surface area contributed by atoms with E-state index in [2.05, 4.69) is 10.3 Å². The molecule has 94 valence electrons. The van der Waals surface area contributed by atoms with Crippen LogP contribution in [0.2, 0.25) is 0 Å². The molecule has 0 fully saturated rings. The largest absolute Gasteiger partial charge is 0.487 e. The van der Waals surface area contributed by atoms with E-state index in [0.717, 1.165) is 5.56 Å². The first-order valence-electron chi connectivity index (χ1n) is 5.63. The predicted molar refractivity (Wildman–Crippen MR) is 65.9 cm³/mol. The fourth-order valence-electron chi connectivity index (χ4n) is 1.54. The zero-order valence-corrected chi connectivity index (χ0v) is 10.4. The molecule has 2 aromatic rings. The number of hydrogen-bond acceptors (Lipinski definition) is 5. The van der Waals surface area contributed by atoms with Gasteiger partial charge in [0, 0.05) is 0 Å². The summed E-state index contributed by atoms with van der Waals surface area (Å²) in [5, 5.41) is 25.1. The Balaban J connectivity index is 2.15. The molecule has 1 heterocycles. The van der Waals surface area contributed by atoms with Gasteiger partial charge in [0.05, 0.1) is 6.07 Å². The average Bonchev–Trinajstić information content (AvgIpc) is 2.81. The summed E-state index contributed by atoms with van der Waals surface area (Å²) in [4.78, 5) is 0. The second kappa shape index (κ2) is 5.65. The summed E-state index contributed by atoms with van der Waals surface area (Å²) in [5.41, 5.74) is 1.83. The summed E-state index contributed by atoms with van der Waals surface area (Å²) < 4.78 is 6.94. The molecule has 0 spiro atoms. The maximum Gasteiger partial charge on any atom is 0.189 e. The standard InChI is InChI=1S/C13H11N5O/c1-10-2-4-11(5-3-10)19-9-13-12(8-15)16-17-18(13)7-6-14/h2-5H,7,9H2,1H3. The van der Waals surface area contributed by atoms with Crippen molar-refractivity contribution in [2.24, 2.45) is 0 Å².